The third-order valence-electron chi connectivity index (χ3n) is 5.72. The van der Waals surface area contributed by atoms with Crippen molar-refractivity contribution in [1.29, 1.82) is 0 Å². The monoisotopic (exact) mass is 414 g/mol. The average molecular weight is 415 g/mol. The van der Waals surface area contributed by atoms with Crippen molar-refractivity contribution in [1.82, 2.24) is 4.31 Å². The first-order valence-electron chi connectivity index (χ1n) is 9.84. The number of aryl methyl sites for hydroxylation is 1. The predicted molar refractivity (Wildman–Crippen MR) is 117 cm³/mol. The van der Waals surface area contributed by atoms with Gasteiger partial charge in [0.2, 0.25) is 15.9 Å². The van der Waals surface area contributed by atoms with Gasteiger partial charge in [-0.15, -0.1) is 0 Å². The van der Waals surface area contributed by atoms with Crippen molar-refractivity contribution < 1.29 is 13.2 Å². The summed E-state index contributed by atoms with van der Waals surface area (Å²) in [6.45, 7) is 8.36. The molecule has 0 heterocycles. The maximum Gasteiger partial charge on any atom is 0.242 e. The second-order valence-corrected chi connectivity index (χ2v) is 11.3. The van der Waals surface area contributed by atoms with Crippen molar-refractivity contribution in [3.63, 3.8) is 0 Å². The minimum atomic E-state index is -3.56. The van der Waals surface area contributed by atoms with E-state index in [-0.39, 0.29) is 16.2 Å². The molecule has 29 heavy (non-hydrogen) atoms. The molecular weight excluding hydrogens is 384 g/mol. The number of rotatable bonds is 5. The Labute approximate surface area is 174 Å². The number of benzene rings is 2. The molecule has 0 radical (unpaired) electrons. The highest BCUT2D eigenvalue weighted by atomic mass is 32.2. The van der Waals surface area contributed by atoms with E-state index in [4.69, 9.17) is 0 Å². The van der Waals surface area contributed by atoms with E-state index in [0.29, 0.717) is 5.69 Å². The number of hydrogen-bond acceptors (Lipinski definition) is 3. The van der Waals surface area contributed by atoms with Gasteiger partial charge in [-0.05, 0) is 54.0 Å². The molecule has 1 saturated carbocycles. The summed E-state index contributed by atoms with van der Waals surface area (Å²) in [5.41, 5.74) is 3.14. The highest BCUT2D eigenvalue weighted by Crippen LogP contribution is 2.49. The molecule has 0 atom stereocenters. The van der Waals surface area contributed by atoms with Gasteiger partial charge in [-0.2, -0.15) is 0 Å². The number of nitrogens with zero attached hydrogens (tertiary/aromatic N) is 1. The molecule has 6 heteroatoms. The summed E-state index contributed by atoms with van der Waals surface area (Å²) in [4.78, 5) is 13.3. The van der Waals surface area contributed by atoms with Gasteiger partial charge in [0, 0.05) is 19.8 Å². The number of carbonyl (C=O) groups excluding carboxylic acids is 1. The fourth-order valence-corrected chi connectivity index (χ4v) is 4.34. The smallest absolute Gasteiger partial charge is 0.242 e. The molecule has 0 aromatic heterocycles. The SMILES string of the molecule is Cc1ccc(S(=O)(=O)N(C)C)cc1NC(=O)C1(c2ccc(C(C)(C)C)cc2)CC1. The first kappa shape index (κ1) is 21.5. The molecule has 1 fully saturated rings. The number of amides is 1. The van der Waals surface area contributed by atoms with Gasteiger partial charge in [0.05, 0.1) is 10.3 Å². The van der Waals surface area contributed by atoms with Gasteiger partial charge in [-0.3, -0.25) is 4.79 Å². The Balaban J connectivity index is 1.87. The number of hydrogen-bond donors (Lipinski definition) is 1. The predicted octanol–water partition coefficient (Wildman–Crippen LogP) is 4.21. The van der Waals surface area contributed by atoms with E-state index in [0.717, 1.165) is 24.0 Å². The standard InChI is InChI=1S/C23H30N2O3S/c1-16-7-12-19(29(27,28)25(5)6)15-20(16)24-21(26)23(13-14-23)18-10-8-17(9-11-18)22(2,3)4/h7-12,15H,13-14H2,1-6H3,(H,24,26). The number of sulfonamides is 1. The zero-order chi connectivity index (χ0) is 21.6. The van der Waals surface area contributed by atoms with Crippen LogP contribution >= 0.6 is 0 Å². The lowest BCUT2D eigenvalue weighted by Crippen LogP contribution is -2.28. The zero-order valence-corrected chi connectivity index (χ0v) is 18.9. The zero-order valence-electron chi connectivity index (χ0n) is 18.0. The van der Waals surface area contributed by atoms with E-state index < -0.39 is 15.4 Å². The summed E-state index contributed by atoms with van der Waals surface area (Å²) in [6.07, 6.45) is 1.59. The topological polar surface area (TPSA) is 66.5 Å². The van der Waals surface area contributed by atoms with Crippen molar-refractivity contribution in [3.05, 3.63) is 59.2 Å². The van der Waals surface area contributed by atoms with E-state index in [2.05, 4.69) is 38.2 Å². The summed E-state index contributed by atoms with van der Waals surface area (Å²) >= 11 is 0. The Kier molecular flexibility index (Phi) is 5.39. The van der Waals surface area contributed by atoms with Gasteiger partial charge in [-0.25, -0.2) is 12.7 Å². The molecule has 1 amide bonds. The molecule has 5 nitrogen and oxygen atoms in total. The Morgan fingerprint density at radius 2 is 1.62 bits per heavy atom. The van der Waals surface area contributed by atoms with Crippen LogP contribution in [-0.4, -0.2) is 32.7 Å². The van der Waals surface area contributed by atoms with Crippen LogP contribution in [-0.2, 0) is 25.6 Å². The first-order chi connectivity index (χ1) is 13.4. The molecule has 3 rings (SSSR count). The minimum Gasteiger partial charge on any atom is -0.325 e. The lowest BCUT2D eigenvalue weighted by Gasteiger charge is -2.22. The highest BCUT2D eigenvalue weighted by molar-refractivity contribution is 7.89. The largest absolute Gasteiger partial charge is 0.325 e. The van der Waals surface area contributed by atoms with E-state index in [1.807, 2.05) is 19.1 Å². The number of nitrogens with one attached hydrogen (secondary N) is 1. The second-order valence-electron chi connectivity index (χ2n) is 9.13. The molecule has 0 aliphatic heterocycles. The van der Waals surface area contributed by atoms with Crippen molar-refractivity contribution in [2.75, 3.05) is 19.4 Å². The van der Waals surface area contributed by atoms with Gasteiger partial charge in [0.15, 0.2) is 0 Å². The lowest BCUT2D eigenvalue weighted by molar-refractivity contribution is -0.118. The first-order valence-corrected chi connectivity index (χ1v) is 11.3. The Hall–Kier alpha value is -2.18. The van der Waals surface area contributed by atoms with Crippen LogP contribution in [0.2, 0.25) is 0 Å². The maximum absolute atomic E-state index is 13.2. The number of anilines is 1. The molecule has 1 aliphatic rings. The minimum absolute atomic E-state index is 0.0625. The van der Waals surface area contributed by atoms with Crippen molar-refractivity contribution in [2.24, 2.45) is 0 Å². The summed E-state index contributed by atoms with van der Waals surface area (Å²) in [5.74, 6) is -0.0801. The Morgan fingerprint density at radius 3 is 2.10 bits per heavy atom. The van der Waals surface area contributed by atoms with Gasteiger partial charge in [-0.1, -0.05) is 51.1 Å². The Morgan fingerprint density at radius 1 is 1.03 bits per heavy atom. The molecule has 0 saturated heterocycles. The fraction of sp³-hybridized carbons (Fsp3) is 0.435. The quantitative estimate of drug-likeness (QED) is 0.797. The maximum atomic E-state index is 13.2. The molecule has 156 valence electrons. The third kappa shape index (κ3) is 4.09. The number of carbonyl (C=O) groups is 1. The molecule has 2 aromatic carbocycles. The summed E-state index contributed by atoms with van der Waals surface area (Å²) in [6, 6.07) is 13.1. The van der Waals surface area contributed by atoms with Crippen LogP contribution in [0.4, 0.5) is 5.69 Å². The normalized spacial score (nSPS) is 16.0. The van der Waals surface area contributed by atoms with Crippen molar-refractivity contribution in [2.45, 2.75) is 56.3 Å². The van der Waals surface area contributed by atoms with E-state index in [1.165, 1.54) is 24.0 Å². The molecule has 1 N–H and O–H groups in total. The van der Waals surface area contributed by atoms with Gasteiger partial charge in [0.25, 0.3) is 0 Å². The van der Waals surface area contributed by atoms with Crippen molar-refractivity contribution >= 4 is 21.6 Å². The average Bonchev–Trinajstić information content (AvgIpc) is 3.44. The van der Waals surface area contributed by atoms with Crippen molar-refractivity contribution in [3.8, 4) is 0 Å². The van der Waals surface area contributed by atoms with Crippen LogP contribution < -0.4 is 5.32 Å². The van der Waals surface area contributed by atoms with Gasteiger partial charge >= 0.3 is 0 Å². The van der Waals surface area contributed by atoms with E-state index >= 15 is 0 Å². The van der Waals surface area contributed by atoms with E-state index in [1.54, 1.807) is 18.2 Å². The van der Waals surface area contributed by atoms with Crippen LogP contribution in [0.15, 0.2) is 47.4 Å². The highest BCUT2D eigenvalue weighted by Gasteiger charge is 2.51. The molecule has 1 aliphatic carbocycles. The molecule has 0 spiro atoms. The van der Waals surface area contributed by atoms with Crippen LogP contribution in [0, 0.1) is 6.92 Å². The summed E-state index contributed by atoms with van der Waals surface area (Å²) in [7, 11) is -0.573. The molecule has 2 aromatic rings. The lowest BCUT2D eigenvalue weighted by atomic mass is 9.85. The molecule has 0 bridgehead atoms. The van der Waals surface area contributed by atoms with Crippen LogP contribution in [0.5, 0.6) is 0 Å². The Bertz CT molecular complexity index is 1030. The third-order valence-corrected chi connectivity index (χ3v) is 7.54. The van der Waals surface area contributed by atoms with E-state index in [9.17, 15) is 13.2 Å². The molecular formula is C23H30N2O3S. The summed E-state index contributed by atoms with van der Waals surface area (Å²) in [5, 5.41) is 2.99. The van der Waals surface area contributed by atoms with Gasteiger partial charge in [0.1, 0.15) is 0 Å². The van der Waals surface area contributed by atoms with Crippen LogP contribution in [0.25, 0.3) is 0 Å². The molecule has 0 unspecified atom stereocenters. The van der Waals surface area contributed by atoms with Crippen LogP contribution in [0.1, 0.15) is 50.3 Å². The fourth-order valence-electron chi connectivity index (χ4n) is 3.41. The summed E-state index contributed by atoms with van der Waals surface area (Å²) < 4.78 is 26.0. The second kappa shape index (κ2) is 7.26. The van der Waals surface area contributed by atoms with Gasteiger partial charge < -0.3 is 5.32 Å². The van der Waals surface area contributed by atoms with Crippen LogP contribution in [0.3, 0.4) is 0 Å².